The molecule has 0 heterocycles. The van der Waals surface area contributed by atoms with E-state index in [0.29, 0.717) is 6.54 Å². The Morgan fingerprint density at radius 2 is 1.94 bits per heavy atom. The van der Waals surface area contributed by atoms with E-state index in [1.54, 1.807) is 11.8 Å². The third-order valence-electron chi connectivity index (χ3n) is 2.70. The van der Waals surface area contributed by atoms with Gasteiger partial charge >= 0.3 is 0 Å². The van der Waals surface area contributed by atoms with Crippen molar-refractivity contribution in [3.8, 4) is 0 Å². The van der Waals surface area contributed by atoms with Crippen molar-refractivity contribution in [2.24, 2.45) is 5.73 Å². The number of nitrogens with two attached hydrogens (primary N) is 1. The van der Waals surface area contributed by atoms with Crippen LogP contribution in [0, 0.1) is 6.92 Å². The lowest BCUT2D eigenvalue weighted by Gasteiger charge is -2.15. The van der Waals surface area contributed by atoms with Gasteiger partial charge in [0.1, 0.15) is 0 Å². The lowest BCUT2D eigenvalue weighted by molar-refractivity contribution is 0.939. The van der Waals surface area contributed by atoms with E-state index in [2.05, 4.69) is 37.3 Å². The van der Waals surface area contributed by atoms with Crippen LogP contribution in [0.15, 0.2) is 53.4 Å². The van der Waals surface area contributed by atoms with Gasteiger partial charge in [0.05, 0.1) is 0 Å². The molecule has 1 nitrogen and oxygen atoms in total. The molecule has 0 bridgehead atoms. The van der Waals surface area contributed by atoms with Gasteiger partial charge in [-0.1, -0.05) is 47.5 Å². The molecule has 0 radical (unpaired) electrons. The minimum atomic E-state index is 0.267. The highest BCUT2D eigenvalue weighted by Crippen LogP contribution is 2.35. The first-order valence-corrected chi connectivity index (χ1v) is 7.13. The van der Waals surface area contributed by atoms with E-state index in [1.807, 2.05) is 18.2 Å². The van der Waals surface area contributed by atoms with E-state index >= 15 is 0 Å². The molecular formula is C15H16ClNS. The quantitative estimate of drug-likeness (QED) is 0.836. The normalized spacial score (nSPS) is 12.4. The number of thioether (sulfide) groups is 1. The van der Waals surface area contributed by atoms with Gasteiger partial charge in [0.2, 0.25) is 0 Å². The molecule has 1 atom stereocenters. The van der Waals surface area contributed by atoms with Crippen LogP contribution in [0.2, 0.25) is 5.02 Å². The molecular weight excluding hydrogens is 262 g/mol. The predicted molar refractivity (Wildman–Crippen MR) is 80.3 cm³/mol. The zero-order valence-corrected chi connectivity index (χ0v) is 11.8. The summed E-state index contributed by atoms with van der Waals surface area (Å²) in [6, 6.07) is 16.4. The molecule has 18 heavy (non-hydrogen) atoms. The Hall–Kier alpha value is -0.960. The van der Waals surface area contributed by atoms with Crippen LogP contribution in [0.25, 0.3) is 0 Å². The molecule has 94 valence electrons. The van der Waals surface area contributed by atoms with Crippen LogP contribution in [0.1, 0.15) is 16.4 Å². The number of benzene rings is 2. The summed E-state index contributed by atoms with van der Waals surface area (Å²) in [5.41, 5.74) is 8.41. The fourth-order valence-electron chi connectivity index (χ4n) is 1.83. The van der Waals surface area contributed by atoms with E-state index in [-0.39, 0.29) is 5.25 Å². The van der Waals surface area contributed by atoms with Crippen molar-refractivity contribution in [3.63, 3.8) is 0 Å². The average Bonchev–Trinajstić information content (AvgIpc) is 2.36. The molecule has 0 fully saturated rings. The minimum absolute atomic E-state index is 0.267. The highest BCUT2D eigenvalue weighted by molar-refractivity contribution is 7.99. The fraction of sp³-hybridized carbons (Fsp3) is 0.200. The Bertz CT molecular complexity index is 527. The van der Waals surface area contributed by atoms with Crippen LogP contribution < -0.4 is 5.73 Å². The summed E-state index contributed by atoms with van der Waals surface area (Å²) in [5, 5.41) is 1.03. The van der Waals surface area contributed by atoms with Crippen molar-refractivity contribution in [3.05, 3.63) is 64.7 Å². The maximum atomic E-state index is 6.00. The zero-order valence-electron chi connectivity index (χ0n) is 10.3. The molecule has 3 heteroatoms. The summed E-state index contributed by atoms with van der Waals surface area (Å²) in [7, 11) is 0. The number of hydrogen-bond donors (Lipinski definition) is 1. The average molecular weight is 278 g/mol. The van der Waals surface area contributed by atoms with Gasteiger partial charge in [-0.15, -0.1) is 11.8 Å². The topological polar surface area (TPSA) is 26.0 Å². The van der Waals surface area contributed by atoms with Gasteiger partial charge in [-0.3, -0.25) is 0 Å². The second-order valence-corrected chi connectivity index (χ2v) is 5.93. The van der Waals surface area contributed by atoms with Gasteiger partial charge in [0.25, 0.3) is 0 Å². The largest absolute Gasteiger partial charge is 0.329 e. The van der Waals surface area contributed by atoms with E-state index < -0.39 is 0 Å². The smallest absolute Gasteiger partial charge is 0.0466 e. The van der Waals surface area contributed by atoms with Gasteiger partial charge in [-0.2, -0.15) is 0 Å². The van der Waals surface area contributed by atoms with Crippen LogP contribution in [-0.4, -0.2) is 6.54 Å². The Morgan fingerprint density at radius 3 is 2.61 bits per heavy atom. The lowest BCUT2D eigenvalue weighted by Crippen LogP contribution is -2.09. The maximum absolute atomic E-state index is 6.00. The van der Waals surface area contributed by atoms with Crippen LogP contribution in [0.3, 0.4) is 0 Å². The molecule has 0 spiro atoms. The van der Waals surface area contributed by atoms with E-state index in [9.17, 15) is 0 Å². The second kappa shape index (κ2) is 6.28. The third-order valence-corrected chi connectivity index (χ3v) is 4.21. The first-order chi connectivity index (χ1) is 8.69. The van der Waals surface area contributed by atoms with E-state index in [4.69, 9.17) is 17.3 Å². The van der Waals surface area contributed by atoms with Crippen LogP contribution in [0.4, 0.5) is 0 Å². The molecule has 0 saturated heterocycles. The summed E-state index contributed by atoms with van der Waals surface area (Å²) >= 11 is 7.75. The summed E-state index contributed by atoms with van der Waals surface area (Å²) < 4.78 is 0. The predicted octanol–water partition coefficient (Wildman–Crippen LogP) is 4.44. The van der Waals surface area contributed by atoms with Crippen molar-refractivity contribution in [1.82, 2.24) is 0 Å². The summed E-state index contributed by atoms with van der Waals surface area (Å²) in [4.78, 5) is 1.15. The Labute approximate surface area is 117 Å². The third kappa shape index (κ3) is 3.52. The molecule has 2 aromatic rings. The summed E-state index contributed by atoms with van der Waals surface area (Å²) in [5.74, 6) is 0. The molecule has 0 aromatic heterocycles. The van der Waals surface area contributed by atoms with Crippen molar-refractivity contribution >= 4 is 23.4 Å². The first kappa shape index (κ1) is 13.5. The van der Waals surface area contributed by atoms with Gasteiger partial charge in [-0.25, -0.2) is 0 Å². The molecule has 0 aliphatic carbocycles. The highest BCUT2D eigenvalue weighted by Gasteiger charge is 2.11. The van der Waals surface area contributed by atoms with Crippen LogP contribution >= 0.6 is 23.4 Å². The first-order valence-electron chi connectivity index (χ1n) is 5.88. The number of rotatable bonds is 4. The van der Waals surface area contributed by atoms with Crippen molar-refractivity contribution < 1.29 is 0 Å². The van der Waals surface area contributed by atoms with Gasteiger partial charge in [0.15, 0.2) is 0 Å². The molecule has 0 aliphatic heterocycles. The summed E-state index contributed by atoms with van der Waals surface area (Å²) in [6.07, 6.45) is 0. The zero-order chi connectivity index (χ0) is 13.0. The van der Waals surface area contributed by atoms with Gasteiger partial charge < -0.3 is 5.73 Å². The van der Waals surface area contributed by atoms with E-state index in [1.165, 1.54) is 11.1 Å². The molecule has 1 unspecified atom stereocenters. The fourth-order valence-corrected chi connectivity index (χ4v) is 3.14. The lowest BCUT2D eigenvalue weighted by atomic mass is 10.1. The van der Waals surface area contributed by atoms with Crippen LogP contribution in [-0.2, 0) is 0 Å². The standard InChI is InChI=1S/C15H16ClNS/c1-11-4-2-5-12(8-11)15(10-17)18-14-7-3-6-13(16)9-14/h2-9,15H,10,17H2,1H3. The second-order valence-electron chi connectivity index (χ2n) is 4.21. The monoisotopic (exact) mass is 277 g/mol. The molecule has 2 N–H and O–H groups in total. The maximum Gasteiger partial charge on any atom is 0.0466 e. The summed E-state index contributed by atoms with van der Waals surface area (Å²) in [6.45, 7) is 2.71. The number of aryl methyl sites for hydroxylation is 1. The Morgan fingerprint density at radius 1 is 1.17 bits per heavy atom. The molecule has 0 aliphatic rings. The van der Waals surface area contributed by atoms with Gasteiger partial charge in [-0.05, 0) is 30.7 Å². The highest BCUT2D eigenvalue weighted by atomic mass is 35.5. The van der Waals surface area contributed by atoms with Crippen molar-refractivity contribution in [1.29, 1.82) is 0 Å². The molecule has 0 amide bonds. The van der Waals surface area contributed by atoms with Gasteiger partial charge in [0, 0.05) is 21.7 Å². The SMILES string of the molecule is Cc1cccc(C(CN)Sc2cccc(Cl)c2)c1. The molecule has 0 saturated carbocycles. The van der Waals surface area contributed by atoms with Crippen molar-refractivity contribution in [2.45, 2.75) is 17.1 Å². The minimum Gasteiger partial charge on any atom is -0.329 e. The number of hydrogen-bond acceptors (Lipinski definition) is 2. The van der Waals surface area contributed by atoms with Crippen molar-refractivity contribution in [2.75, 3.05) is 6.54 Å². The number of halogens is 1. The Kier molecular flexibility index (Phi) is 4.70. The Balaban J connectivity index is 2.19. The van der Waals surface area contributed by atoms with E-state index in [0.717, 1.165) is 9.92 Å². The van der Waals surface area contributed by atoms with Crippen LogP contribution in [0.5, 0.6) is 0 Å². The molecule has 2 rings (SSSR count). The molecule has 2 aromatic carbocycles.